The number of hydrogen-bond acceptors (Lipinski definition) is 4. The molecule has 0 saturated carbocycles. The van der Waals surface area contributed by atoms with Crippen LogP contribution in [0.4, 0.5) is 11.4 Å². The van der Waals surface area contributed by atoms with Crippen LogP contribution in [0.25, 0.3) is 0 Å². The summed E-state index contributed by atoms with van der Waals surface area (Å²) >= 11 is 0. The summed E-state index contributed by atoms with van der Waals surface area (Å²) in [6, 6.07) is 7.30. The summed E-state index contributed by atoms with van der Waals surface area (Å²) in [5, 5.41) is 12.1. The molecule has 0 aliphatic heterocycles. The number of nitriles is 1. The van der Waals surface area contributed by atoms with Crippen LogP contribution in [0.3, 0.4) is 0 Å². The number of hydrogen-bond donors (Lipinski definition) is 3. The Labute approximate surface area is 92.9 Å². The molecule has 0 unspecified atom stereocenters. The topological polar surface area (TPSA) is 90.5 Å². The van der Waals surface area contributed by atoms with Gasteiger partial charge >= 0.3 is 0 Å². The summed E-state index contributed by atoms with van der Waals surface area (Å²) in [6.07, 6.45) is 3.35. The van der Waals surface area contributed by atoms with Crippen molar-refractivity contribution in [1.82, 2.24) is 9.97 Å². The van der Waals surface area contributed by atoms with Gasteiger partial charge in [0, 0.05) is 11.9 Å². The minimum absolute atomic E-state index is 0.541. The molecule has 0 bridgehead atoms. The Morgan fingerprint density at radius 1 is 1.50 bits per heavy atom. The standard InChI is InChI=1S/C11H11N5/c12-4-8-3-9(13)1-2-11(8)15-6-10-5-14-7-16-10/h1-3,5,7,15H,6,13H2,(H,14,16). The van der Waals surface area contributed by atoms with Crippen LogP contribution in [0.15, 0.2) is 30.7 Å². The van der Waals surface area contributed by atoms with Gasteiger partial charge in [0.05, 0.1) is 29.8 Å². The molecule has 1 heterocycles. The number of rotatable bonds is 3. The Kier molecular flexibility index (Phi) is 2.74. The van der Waals surface area contributed by atoms with Crippen LogP contribution in [-0.2, 0) is 6.54 Å². The zero-order valence-electron chi connectivity index (χ0n) is 8.57. The number of anilines is 2. The molecular formula is C11H11N5. The zero-order chi connectivity index (χ0) is 11.4. The minimum atomic E-state index is 0.541. The molecule has 80 valence electrons. The SMILES string of the molecule is N#Cc1cc(N)ccc1NCc1cnc[nH]1. The van der Waals surface area contributed by atoms with Crippen molar-refractivity contribution in [3.8, 4) is 6.07 Å². The van der Waals surface area contributed by atoms with Crippen molar-refractivity contribution in [2.75, 3.05) is 11.1 Å². The summed E-state index contributed by atoms with van der Waals surface area (Å²) in [4.78, 5) is 6.89. The Bertz CT molecular complexity index is 510. The van der Waals surface area contributed by atoms with Gasteiger partial charge < -0.3 is 16.0 Å². The second-order valence-corrected chi connectivity index (χ2v) is 3.35. The van der Waals surface area contributed by atoms with Crippen LogP contribution in [0, 0.1) is 11.3 Å². The Balaban J connectivity index is 2.13. The molecule has 2 rings (SSSR count). The summed E-state index contributed by atoms with van der Waals surface area (Å²) in [6.45, 7) is 0.596. The first kappa shape index (κ1) is 10.1. The van der Waals surface area contributed by atoms with Gasteiger partial charge in [0.1, 0.15) is 6.07 Å². The van der Waals surface area contributed by atoms with Crippen LogP contribution >= 0.6 is 0 Å². The first-order valence-corrected chi connectivity index (χ1v) is 4.80. The lowest BCUT2D eigenvalue weighted by Gasteiger charge is -2.07. The molecule has 2 aromatic rings. The van der Waals surface area contributed by atoms with E-state index in [-0.39, 0.29) is 0 Å². The van der Waals surface area contributed by atoms with Crippen LogP contribution in [0.2, 0.25) is 0 Å². The smallest absolute Gasteiger partial charge is 0.101 e. The summed E-state index contributed by atoms with van der Waals surface area (Å²) < 4.78 is 0. The molecule has 1 aromatic carbocycles. The fraction of sp³-hybridized carbons (Fsp3) is 0.0909. The van der Waals surface area contributed by atoms with E-state index in [1.165, 1.54) is 0 Å². The van der Waals surface area contributed by atoms with Crippen molar-refractivity contribution in [3.63, 3.8) is 0 Å². The maximum Gasteiger partial charge on any atom is 0.101 e. The number of nitrogens with two attached hydrogens (primary N) is 1. The normalized spacial score (nSPS) is 9.69. The van der Waals surface area contributed by atoms with Crippen LogP contribution < -0.4 is 11.1 Å². The first-order chi connectivity index (χ1) is 7.79. The van der Waals surface area contributed by atoms with E-state index in [2.05, 4.69) is 21.4 Å². The molecular weight excluding hydrogens is 202 g/mol. The van der Waals surface area contributed by atoms with Crippen LogP contribution in [0.1, 0.15) is 11.3 Å². The van der Waals surface area contributed by atoms with Crippen molar-refractivity contribution in [2.24, 2.45) is 0 Å². The van der Waals surface area contributed by atoms with Gasteiger partial charge in [-0.3, -0.25) is 0 Å². The van der Waals surface area contributed by atoms with Gasteiger partial charge in [-0.05, 0) is 18.2 Å². The Hall–Kier alpha value is -2.48. The molecule has 0 spiro atoms. The molecule has 0 fully saturated rings. The van der Waals surface area contributed by atoms with Crippen molar-refractivity contribution >= 4 is 11.4 Å². The number of nitrogen functional groups attached to an aromatic ring is 1. The van der Waals surface area contributed by atoms with Gasteiger partial charge in [0.15, 0.2) is 0 Å². The molecule has 0 amide bonds. The van der Waals surface area contributed by atoms with E-state index in [0.717, 1.165) is 11.4 Å². The Morgan fingerprint density at radius 2 is 2.38 bits per heavy atom. The molecule has 5 nitrogen and oxygen atoms in total. The number of nitrogens with one attached hydrogen (secondary N) is 2. The minimum Gasteiger partial charge on any atom is -0.399 e. The number of benzene rings is 1. The highest BCUT2D eigenvalue weighted by atomic mass is 14.9. The van der Waals surface area contributed by atoms with Crippen molar-refractivity contribution in [3.05, 3.63) is 42.0 Å². The largest absolute Gasteiger partial charge is 0.399 e. The number of H-pyrrole nitrogens is 1. The third-order valence-electron chi connectivity index (χ3n) is 2.19. The molecule has 0 saturated heterocycles. The predicted octanol–water partition coefficient (Wildman–Crippen LogP) is 1.48. The van der Waals surface area contributed by atoms with Gasteiger partial charge in [-0.2, -0.15) is 5.26 Å². The molecule has 0 aliphatic rings. The molecule has 0 aliphatic carbocycles. The summed E-state index contributed by atoms with van der Waals surface area (Å²) in [7, 11) is 0. The molecule has 0 radical (unpaired) electrons. The first-order valence-electron chi connectivity index (χ1n) is 4.80. The van der Waals surface area contributed by atoms with Crippen LogP contribution in [-0.4, -0.2) is 9.97 Å². The van der Waals surface area contributed by atoms with Gasteiger partial charge in [0.25, 0.3) is 0 Å². The van der Waals surface area contributed by atoms with E-state index in [0.29, 0.717) is 17.8 Å². The lowest BCUT2D eigenvalue weighted by Crippen LogP contribution is -2.02. The Morgan fingerprint density at radius 3 is 3.06 bits per heavy atom. The molecule has 1 aromatic heterocycles. The number of aromatic amines is 1. The molecule has 16 heavy (non-hydrogen) atoms. The highest BCUT2D eigenvalue weighted by molar-refractivity contribution is 5.62. The highest BCUT2D eigenvalue weighted by Gasteiger charge is 2.02. The van der Waals surface area contributed by atoms with Gasteiger partial charge in [0.2, 0.25) is 0 Å². The fourth-order valence-corrected chi connectivity index (χ4v) is 1.38. The average Bonchev–Trinajstić information content (AvgIpc) is 2.80. The van der Waals surface area contributed by atoms with Crippen molar-refractivity contribution in [1.29, 1.82) is 5.26 Å². The molecule has 5 heteroatoms. The molecule has 0 atom stereocenters. The van der Waals surface area contributed by atoms with Crippen LogP contribution in [0.5, 0.6) is 0 Å². The molecule has 4 N–H and O–H groups in total. The quantitative estimate of drug-likeness (QED) is 0.673. The monoisotopic (exact) mass is 213 g/mol. The fourth-order valence-electron chi connectivity index (χ4n) is 1.38. The van der Waals surface area contributed by atoms with Crippen molar-refractivity contribution in [2.45, 2.75) is 6.54 Å². The summed E-state index contributed by atoms with van der Waals surface area (Å²) in [5.74, 6) is 0. The number of nitrogens with zero attached hydrogens (tertiary/aromatic N) is 2. The number of imidazole rings is 1. The van der Waals surface area contributed by atoms with E-state index in [4.69, 9.17) is 11.0 Å². The lowest BCUT2D eigenvalue weighted by atomic mass is 10.1. The third-order valence-corrected chi connectivity index (χ3v) is 2.19. The average molecular weight is 213 g/mol. The summed E-state index contributed by atoms with van der Waals surface area (Å²) in [5.41, 5.74) is 8.46. The second kappa shape index (κ2) is 4.36. The van der Waals surface area contributed by atoms with E-state index >= 15 is 0 Å². The van der Waals surface area contributed by atoms with Gasteiger partial charge in [-0.25, -0.2) is 4.98 Å². The van der Waals surface area contributed by atoms with Gasteiger partial charge in [-0.15, -0.1) is 0 Å². The van der Waals surface area contributed by atoms with Crippen molar-refractivity contribution < 1.29 is 0 Å². The maximum atomic E-state index is 8.93. The predicted molar refractivity (Wildman–Crippen MR) is 61.5 cm³/mol. The van der Waals surface area contributed by atoms with E-state index in [9.17, 15) is 0 Å². The van der Waals surface area contributed by atoms with E-state index in [1.54, 1.807) is 30.7 Å². The highest BCUT2D eigenvalue weighted by Crippen LogP contribution is 2.18. The zero-order valence-corrected chi connectivity index (χ0v) is 8.57. The maximum absolute atomic E-state index is 8.93. The van der Waals surface area contributed by atoms with E-state index < -0.39 is 0 Å². The lowest BCUT2D eigenvalue weighted by molar-refractivity contribution is 1.07. The number of aromatic nitrogens is 2. The van der Waals surface area contributed by atoms with Gasteiger partial charge in [-0.1, -0.05) is 0 Å². The second-order valence-electron chi connectivity index (χ2n) is 3.35. The van der Waals surface area contributed by atoms with E-state index in [1.807, 2.05) is 0 Å². The third kappa shape index (κ3) is 2.12.